The van der Waals surface area contributed by atoms with Crippen molar-refractivity contribution in [2.24, 2.45) is 41.4 Å². The van der Waals surface area contributed by atoms with E-state index in [4.69, 9.17) is 0 Å². The van der Waals surface area contributed by atoms with E-state index in [1.807, 2.05) is 41.5 Å². The molecule has 3 aliphatic rings. The maximum atomic E-state index is 13.9. The highest BCUT2D eigenvalue weighted by Crippen LogP contribution is 2.49. The minimum Gasteiger partial charge on any atom is -0.368 e. The van der Waals surface area contributed by atoms with Gasteiger partial charge >= 0.3 is 0 Å². The van der Waals surface area contributed by atoms with Crippen LogP contribution in [0.4, 0.5) is 0 Å². The van der Waals surface area contributed by atoms with Crippen LogP contribution in [0.1, 0.15) is 54.9 Å². The first-order chi connectivity index (χ1) is 21.8. The van der Waals surface area contributed by atoms with Crippen molar-refractivity contribution in [1.82, 2.24) is 35.6 Å². The first kappa shape index (κ1) is 37.8. The smallest absolute Gasteiger partial charge is 0.245 e. The Kier molecular flexibility index (Phi) is 12.1. The quantitative estimate of drug-likeness (QED) is 0.398. The molecule has 3 rings (SSSR count). The number of nitrogens with zero attached hydrogens (tertiary/aromatic N) is 4. The molecule has 0 aromatic rings. The molecule has 1 heterocycles. The van der Waals surface area contributed by atoms with Gasteiger partial charge in [0.15, 0.2) is 0 Å². The summed E-state index contributed by atoms with van der Waals surface area (Å²) in [5.74, 6) is -1.80. The molecule has 2 aliphatic carbocycles. The summed E-state index contributed by atoms with van der Waals surface area (Å²) in [4.78, 5) is 86.9. The predicted octanol–water partition coefficient (Wildman–Crippen LogP) is 0.514. The lowest BCUT2D eigenvalue weighted by atomic mass is 10.0. The van der Waals surface area contributed by atoms with E-state index in [-0.39, 0.29) is 78.8 Å². The number of hydrogen-bond acceptors (Lipinski definition) is 7. The van der Waals surface area contributed by atoms with Gasteiger partial charge in [0.1, 0.15) is 24.2 Å². The van der Waals surface area contributed by atoms with Crippen molar-refractivity contribution in [2.75, 3.05) is 47.8 Å². The van der Waals surface area contributed by atoms with Crippen LogP contribution in [-0.4, -0.2) is 127 Å². The highest BCUT2D eigenvalue weighted by molar-refractivity contribution is 5.95. The van der Waals surface area contributed by atoms with Gasteiger partial charge in [0.05, 0.1) is 19.6 Å². The first-order valence-electron chi connectivity index (χ1n) is 16.8. The minimum absolute atomic E-state index is 0.0467. The predicted molar refractivity (Wildman–Crippen MR) is 178 cm³/mol. The number of nitrogens with one attached hydrogen (secondary N) is 3. The first-order valence-corrected chi connectivity index (χ1v) is 16.8. The normalized spacial score (nSPS) is 35.8. The van der Waals surface area contributed by atoms with E-state index in [9.17, 15) is 28.8 Å². The summed E-state index contributed by atoms with van der Waals surface area (Å²) in [5, 5.41) is 8.67. The van der Waals surface area contributed by atoms with E-state index in [1.54, 1.807) is 25.9 Å². The Hall–Kier alpha value is -3.64. The van der Waals surface area contributed by atoms with Gasteiger partial charge in [-0.05, 0) is 54.8 Å². The largest absolute Gasteiger partial charge is 0.368 e. The fraction of sp³-hybridized carbons (Fsp3) is 0.765. The third-order valence-electron chi connectivity index (χ3n) is 10.9. The molecule has 8 atom stereocenters. The van der Waals surface area contributed by atoms with E-state index in [1.165, 1.54) is 28.8 Å². The maximum Gasteiger partial charge on any atom is 0.245 e. The van der Waals surface area contributed by atoms with Gasteiger partial charge in [0.2, 0.25) is 35.4 Å². The fourth-order valence-corrected chi connectivity index (χ4v) is 6.79. The van der Waals surface area contributed by atoms with Crippen LogP contribution in [-0.2, 0) is 28.8 Å². The molecule has 1 aliphatic heterocycles. The number of rotatable bonds is 4. The van der Waals surface area contributed by atoms with Crippen molar-refractivity contribution < 1.29 is 28.8 Å². The number of likely N-dealkylation sites (N-methyl/N-ethyl adjacent to an activating group) is 4. The Bertz CT molecular complexity index is 1240. The molecule has 3 fully saturated rings. The molecule has 0 radical (unpaired) electrons. The Labute approximate surface area is 280 Å². The molecule has 3 N–H and O–H groups in total. The number of amides is 6. The summed E-state index contributed by atoms with van der Waals surface area (Å²) >= 11 is 0. The SMILES string of the molecule is C=C1CN(C)C(=O)C(C2[C@@H](C)[C@@H]2C)NC(=O)[C@@H](CC(C)C)NC(=O)[C@@H](C)N(C)C(=O)CN(C)C(=O)[C@H](C2[C@@H](C)[C@@H]2C)NC(=O)CN1C. The van der Waals surface area contributed by atoms with Crippen molar-refractivity contribution in [3.63, 3.8) is 0 Å². The zero-order chi connectivity index (χ0) is 35.7. The Morgan fingerprint density at radius 3 is 1.60 bits per heavy atom. The average molecular weight is 660 g/mol. The number of hydrogen-bond donors (Lipinski definition) is 3. The van der Waals surface area contributed by atoms with E-state index in [0.717, 1.165) is 0 Å². The monoisotopic (exact) mass is 659 g/mol. The van der Waals surface area contributed by atoms with Crippen LogP contribution in [0, 0.1) is 41.4 Å². The molecular formula is C34H57N7O6. The van der Waals surface area contributed by atoms with E-state index < -0.39 is 41.9 Å². The molecule has 0 spiro atoms. The van der Waals surface area contributed by atoms with Gasteiger partial charge in [-0.25, -0.2) is 0 Å². The summed E-state index contributed by atoms with van der Waals surface area (Å²) < 4.78 is 0. The standard InChI is InChI=1S/C34H57N7O6/c1-17(2)13-24-32(45)37-30(28-21(6)22(28)7)34(47)39(10)14-18(3)38(9)15-25(42)36-29(27-19(4)20(27)5)33(46)40(11)16-26(43)41(12)23(8)31(44)35-24/h17,19-24,27-30H,3,13-16H2,1-2,4-12H3,(H,35,44)(H,36,42)(H,37,45)/t19-,20-,21-,22-,23+,24+,29-,30?/m0/s1. The maximum absolute atomic E-state index is 13.9. The van der Waals surface area contributed by atoms with Gasteiger partial charge < -0.3 is 35.6 Å². The zero-order valence-corrected chi connectivity index (χ0v) is 30.1. The van der Waals surface area contributed by atoms with Crippen molar-refractivity contribution >= 4 is 35.4 Å². The third kappa shape index (κ3) is 8.84. The second-order valence-electron chi connectivity index (χ2n) is 14.8. The van der Waals surface area contributed by atoms with Gasteiger partial charge in [-0.1, -0.05) is 48.1 Å². The topological polar surface area (TPSA) is 151 Å². The molecule has 1 unspecified atom stereocenters. The third-order valence-corrected chi connectivity index (χ3v) is 10.9. The second-order valence-corrected chi connectivity index (χ2v) is 14.8. The van der Waals surface area contributed by atoms with Crippen molar-refractivity contribution in [2.45, 2.75) is 79.1 Å². The Morgan fingerprint density at radius 2 is 1.13 bits per heavy atom. The molecule has 264 valence electrons. The Morgan fingerprint density at radius 1 is 0.660 bits per heavy atom. The molecular weight excluding hydrogens is 602 g/mol. The molecule has 0 aromatic carbocycles. The lowest BCUT2D eigenvalue weighted by Gasteiger charge is -2.31. The van der Waals surface area contributed by atoms with E-state index >= 15 is 0 Å². The summed E-state index contributed by atoms with van der Waals surface area (Å²) in [7, 11) is 6.31. The van der Waals surface area contributed by atoms with Gasteiger partial charge in [-0.3, -0.25) is 28.8 Å². The summed E-state index contributed by atoms with van der Waals surface area (Å²) in [6.07, 6.45) is 0.327. The number of carbonyl (C=O) groups is 6. The number of carbonyl (C=O) groups excluding carboxylic acids is 6. The second kappa shape index (κ2) is 15.1. The van der Waals surface area contributed by atoms with E-state index in [0.29, 0.717) is 12.1 Å². The van der Waals surface area contributed by atoms with Crippen LogP contribution in [0.25, 0.3) is 0 Å². The summed E-state index contributed by atoms with van der Waals surface area (Å²) in [5.41, 5.74) is 0.504. The van der Waals surface area contributed by atoms with Crippen molar-refractivity contribution in [1.29, 1.82) is 0 Å². The Balaban J connectivity index is 1.96. The molecule has 0 bridgehead atoms. The van der Waals surface area contributed by atoms with Gasteiger partial charge in [-0.2, -0.15) is 0 Å². The zero-order valence-electron chi connectivity index (χ0n) is 30.1. The van der Waals surface area contributed by atoms with Crippen LogP contribution in [0.2, 0.25) is 0 Å². The van der Waals surface area contributed by atoms with Crippen LogP contribution in [0.5, 0.6) is 0 Å². The summed E-state index contributed by atoms with van der Waals surface area (Å²) in [6, 6.07) is -3.52. The molecule has 47 heavy (non-hydrogen) atoms. The lowest BCUT2D eigenvalue weighted by Crippen LogP contribution is -2.58. The summed E-state index contributed by atoms with van der Waals surface area (Å²) in [6.45, 7) is 17.4. The van der Waals surface area contributed by atoms with E-state index in [2.05, 4.69) is 22.5 Å². The van der Waals surface area contributed by atoms with Crippen molar-refractivity contribution in [3.05, 3.63) is 12.3 Å². The van der Waals surface area contributed by atoms with Crippen molar-refractivity contribution in [3.8, 4) is 0 Å². The molecule has 6 amide bonds. The van der Waals surface area contributed by atoms with Crippen LogP contribution < -0.4 is 16.0 Å². The van der Waals surface area contributed by atoms with Gasteiger partial charge in [-0.15, -0.1) is 0 Å². The molecule has 13 nitrogen and oxygen atoms in total. The van der Waals surface area contributed by atoms with Crippen LogP contribution in [0.15, 0.2) is 12.3 Å². The molecule has 2 saturated carbocycles. The minimum atomic E-state index is -0.949. The van der Waals surface area contributed by atoms with Gasteiger partial charge in [0.25, 0.3) is 0 Å². The lowest BCUT2D eigenvalue weighted by molar-refractivity contribution is -0.144. The fourth-order valence-electron chi connectivity index (χ4n) is 6.79. The highest BCUT2D eigenvalue weighted by Gasteiger charge is 2.53. The molecule has 1 saturated heterocycles. The van der Waals surface area contributed by atoms with Gasteiger partial charge in [0, 0.05) is 33.9 Å². The average Bonchev–Trinajstić information content (AvgIpc) is 3.81. The van der Waals surface area contributed by atoms with Crippen LogP contribution >= 0.6 is 0 Å². The highest BCUT2D eigenvalue weighted by atomic mass is 16.2. The molecule has 13 heteroatoms. The van der Waals surface area contributed by atoms with Crippen LogP contribution in [0.3, 0.4) is 0 Å². The molecule has 0 aromatic heterocycles.